The van der Waals surface area contributed by atoms with Crippen molar-refractivity contribution in [3.8, 4) is 34.5 Å². The second kappa shape index (κ2) is 11.8. The number of phenolic OH excluding ortho intramolecular Hbond substituents is 1. The van der Waals surface area contributed by atoms with Crippen molar-refractivity contribution in [3.05, 3.63) is 65.2 Å². The van der Waals surface area contributed by atoms with Crippen molar-refractivity contribution < 1.29 is 48.3 Å². The number of rotatable bonds is 10. The number of fused-ring (bicyclic) bond motifs is 3. The molecule has 43 heavy (non-hydrogen) atoms. The van der Waals surface area contributed by atoms with E-state index < -0.39 is 17.7 Å². The molecule has 3 aliphatic rings. The van der Waals surface area contributed by atoms with Gasteiger partial charge in [-0.2, -0.15) is 0 Å². The number of cyclic esters (lactones) is 1. The van der Waals surface area contributed by atoms with Crippen molar-refractivity contribution in [1.82, 2.24) is 5.48 Å². The standard InChI is InChI=1S/C31H32N2O10/c1-38-24-10-16(11-25(39-2)30(24)35)27-17-12-22-23(43-15-42-22)13-18(17)29(19-14-41-31(36)28(19)27)32-20-6-3-4-7-21(20)40-9-5-8-26(34)33-37/h3-4,6-7,10-13,19,27-29,32,35,37H,5,8-9,14-15H2,1-2H3,(H,33,34)/t19-,27-,28-,29-/m1/s1. The van der Waals surface area contributed by atoms with Gasteiger partial charge in [0.2, 0.25) is 18.4 Å². The Morgan fingerprint density at radius 2 is 1.67 bits per heavy atom. The first-order chi connectivity index (χ1) is 20.9. The highest BCUT2D eigenvalue weighted by molar-refractivity contribution is 5.79. The van der Waals surface area contributed by atoms with Gasteiger partial charge in [-0.3, -0.25) is 14.8 Å². The van der Waals surface area contributed by atoms with E-state index in [0.717, 1.165) is 16.7 Å². The normalized spacial score (nSPS) is 21.3. The molecule has 4 N–H and O–H groups in total. The maximum atomic E-state index is 13.4. The molecule has 226 valence electrons. The Labute approximate surface area is 247 Å². The third kappa shape index (κ3) is 5.18. The number of nitrogens with one attached hydrogen (secondary N) is 2. The van der Waals surface area contributed by atoms with Gasteiger partial charge >= 0.3 is 5.97 Å². The Kier molecular flexibility index (Phi) is 7.76. The van der Waals surface area contributed by atoms with E-state index in [1.165, 1.54) is 14.2 Å². The molecule has 4 atom stereocenters. The monoisotopic (exact) mass is 592 g/mol. The zero-order valence-electron chi connectivity index (χ0n) is 23.6. The topological polar surface area (TPSA) is 154 Å². The van der Waals surface area contributed by atoms with Crippen molar-refractivity contribution in [2.75, 3.05) is 39.5 Å². The highest BCUT2D eigenvalue weighted by atomic mass is 16.7. The molecule has 0 unspecified atom stereocenters. The average Bonchev–Trinajstić information content (AvgIpc) is 3.65. The zero-order chi connectivity index (χ0) is 30.1. The molecular formula is C31H32N2O10. The van der Waals surface area contributed by atoms with E-state index in [4.69, 9.17) is 33.6 Å². The van der Waals surface area contributed by atoms with Gasteiger partial charge in [0.05, 0.1) is 45.1 Å². The van der Waals surface area contributed by atoms with Crippen LogP contribution in [0.1, 0.15) is 41.5 Å². The number of benzene rings is 3. The lowest BCUT2D eigenvalue weighted by Gasteiger charge is -2.40. The van der Waals surface area contributed by atoms with Gasteiger partial charge in [-0.05, 0) is 59.5 Å². The second-order valence-corrected chi connectivity index (χ2v) is 10.5. The molecule has 0 saturated carbocycles. The summed E-state index contributed by atoms with van der Waals surface area (Å²) in [6.07, 6.45) is 0.525. The van der Waals surface area contributed by atoms with Gasteiger partial charge in [-0.1, -0.05) is 12.1 Å². The van der Waals surface area contributed by atoms with Gasteiger partial charge in [0.25, 0.3) is 0 Å². The van der Waals surface area contributed by atoms with E-state index in [9.17, 15) is 14.7 Å². The Morgan fingerprint density at radius 3 is 2.37 bits per heavy atom. The van der Waals surface area contributed by atoms with Crippen LogP contribution in [0.3, 0.4) is 0 Å². The maximum absolute atomic E-state index is 13.4. The van der Waals surface area contributed by atoms with Crippen LogP contribution in [-0.2, 0) is 14.3 Å². The number of para-hydroxylation sites is 2. The van der Waals surface area contributed by atoms with E-state index in [1.807, 2.05) is 36.4 Å². The average molecular weight is 593 g/mol. The Bertz CT molecular complexity index is 1520. The molecule has 0 radical (unpaired) electrons. The third-order valence-corrected chi connectivity index (χ3v) is 8.18. The van der Waals surface area contributed by atoms with E-state index in [2.05, 4.69) is 5.32 Å². The van der Waals surface area contributed by atoms with E-state index in [-0.39, 0.29) is 61.6 Å². The summed E-state index contributed by atoms with van der Waals surface area (Å²) >= 11 is 0. The fourth-order valence-electron chi connectivity index (χ4n) is 6.19. The Hall–Kier alpha value is -4.84. The minimum Gasteiger partial charge on any atom is -0.502 e. The number of carbonyl (C=O) groups excluding carboxylic acids is 2. The fraction of sp³-hybridized carbons (Fsp3) is 0.355. The number of hydrogen-bond acceptors (Lipinski definition) is 11. The molecule has 6 rings (SSSR count). The minimum atomic E-state index is -0.575. The SMILES string of the molecule is COc1cc([C@@H]2c3cc4c(cc3[C@@H](Nc3ccccc3OCCCC(=O)NO)[C@@H]3COC(=O)[C@@H]23)OCO4)cc(OC)c1O. The lowest BCUT2D eigenvalue weighted by Crippen LogP contribution is -2.37. The van der Waals surface area contributed by atoms with Crippen LogP contribution in [0.15, 0.2) is 48.5 Å². The maximum Gasteiger partial charge on any atom is 0.310 e. The van der Waals surface area contributed by atoms with Gasteiger partial charge in [0.15, 0.2) is 23.0 Å². The van der Waals surface area contributed by atoms with Gasteiger partial charge in [0, 0.05) is 18.3 Å². The number of methoxy groups -OCH3 is 2. The number of aromatic hydroxyl groups is 1. The van der Waals surface area contributed by atoms with Crippen LogP contribution in [0.4, 0.5) is 5.69 Å². The number of ether oxygens (including phenoxy) is 6. The minimum absolute atomic E-state index is 0.0850. The summed E-state index contributed by atoms with van der Waals surface area (Å²) in [5.74, 6) is -0.0704. The molecule has 0 spiro atoms. The van der Waals surface area contributed by atoms with E-state index in [0.29, 0.717) is 29.4 Å². The van der Waals surface area contributed by atoms with Crippen LogP contribution in [0.5, 0.6) is 34.5 Å². The van der Waals surface area contributed by atoms with Crippen molar-refractivity contribution >= 4 is 17.6 Å². The quantitative estimate of drug-likeness (QED) is 0.117. The molecule has 1 fully saturated rings. The van der Waals surface area contributed by atoms with Gasteiger partial charge in [-0.15, -0.1) is 0 Å². The fourth-order valence-corrected chi connectivity index (χ4v) is 6.19. The molecule has 1 aliphatic carbocycles. The number of carbonyl (C=O) groups is 2. The predicted octanol–water partition coefficient (Wildman–Crippen LogP) is 3.89. The molecular weight excluding hydrogens is 560 g/mol. The van der Waals surface area contributed by atoms with Crippen LogP contribution in [0, 0.1) is 11.8 Å². The number of amides is 1. The van der Waals surface area contributed by atoms with Crippen molar-refractivity contribution in [1.29, 1.82) is 0 Å². The molecule has 12 nitrogen and oxygen atoms in total. The molecule has 2 aliphatic heterocycles. The van der Waals surface area contributed by atoms with Crippen LogP contribution < -0.4 is 34.5 Å². The number of hydroxylamine groups is 1. The van der Waals surface area contributed by atoms with Gasteiger partial charge in [0.1, 0.15) is 5.75 Å². The van der Waals surface area contributed by atoms with Crippen LogP contribution >= 0.6 is 0 Å². The highest BCUT2D eigenvalue weighted by Crippen LogP contribution is 2.56. The molecule has 1 amide bonds. The lowest BCUT2D eigenvalue weighted by atomic mass is 9.65. The summed E-state index contributed by atoms with van der Waals surface area (Å²) in [4.78, 5) is 24.8. The zero-order valence-corrected chi connectivity index (χ0v) is 23.6. The second-order valence-electron chi connectivity index (χ2n) is 10.5. The molecule has 3 aromatic rings. The largest absolute Gasteiger partial charge is 0.502 e. The first-order valence-corrected chi connectivity index (χ1v) is 13.9. The lowest BCUT2D eigenvalue weighted by molar-refractivity contribution is -0.141. The Balaban J connectivity index is 1.42. The number of anilines is 1. The van der Waals surface area contributed by atoms with Crippen molar-refractivity contribution in [3.63, 3.8) is 0 Å². The summed E-state index contributed by atoms with van der Waals surface area (Å²) in [5, 5.41) is 22.9. The molecule has 0 aromatic heterocycles. The first-order valence-electron chi connectivity index (χ1n) is 13.9. The van der Waals surface area contributed by atoms with Crippen molar-refractivity contribution in [2.45, 2.75) is 24.8 Å². The van der Waals surface area contributed by atoms with E-state index in [1.54, 1.807) is 17.6 Å². The summed E-state index contributed by atoms with van der Waals surface area (Å²) in [6, 6.07) is 14.3. The van der Waals surface area contributed by atoms with Crippen LogP contribution in [-0.4, -0.2) is 56.4 Å². The summed E-state index contributed by atoms with van der Waals surface area (Å²) < 4.78 is 34.1. The number of hydrogen-bond donors (Lipinski definition) is 4. The molecule has 3 aromatic carbocycles. The van der Waals surface area contributed by atoms with Crippen LogP contribution in [0.25, 0.3) is 0 Å². The highest BCUT2D eigenvalue weighted by Gasteiger charge is 2.53. The van der Waals surface area contributed by atoms with Gasteiger partial charge in [-0.25, -0.2) is 5.48 Å². The number of esters is 1. The smallest absolute Gasteiger partial charge is 0.310 e. The van der Waals surface area contributed by atoms with Crippen molar-refractivity contribution in [2.24, 2.45) is 11.8 Å². The first kappa shape index (κ1) is 28.3. The molecule has 12 heteroatoms. The summed E-state index contributed by atoms with van der Waals surface area (Å²) in [7, 11) is 2.91. The molecule has 2 heterocycles. The third-order valence-electron chi connectivity index (χ3n) is 8.18. The van der Waals surface area contributed by atoms with Gasteiger partial charge < -0.3 is 38.8 Å². The number of phenols is 1. The molecule has 1 saturated heterocycles. The predicted molar refractivity (Wildman–Crippen MR) is 151 cm³/mol. The molecule has 0 bridgehead atoms. The van der Waals surface area contributed by atoms with E-state index >= 15 is 0 Å². The van der Waals surface area contributed by atoms with Crippen LogP contribution in [0.2, 0.25) is 0 Å². The summed E-state index contributed by atoms with van der Waals surface area (Å²) in [5.41, 5.74) is 4.77. The summed E-state index contributed by atoms with van der Waals surface area (Å²) in [6.45, 7) is 0.533. The Morgan fingerprint density at radius 1 is 0.977 bits per heavy atom.